The highest BCUT2D eigenvalue weighted by Gasteiger charge is 2.28. The Morgan fingerprint density at radius 2 is 1.86 bits per heavy atom. The van der Waals surface area contributed by atoms with Crippen molar-refractivity contribution < 1.29 is 36.6 Å². The molecule has 6 nitrogen and oxygen atoms in total. The maximum atomic E-state index is 13.5. The van der Waals surface area contributed by atoms with Gasteiger partial charge >= 0.3 is 0 Å². The van der Waals surface area contributed by atoms with Gasteiger partial charge in [-0.15, -0.1) is 0 Å². The average molecular weight is 511 g/mol. The van der Waals surface area contributed by atoms with Crippen molar-refractivity contribution in [3.8, 4) is 17.2 Å². The number of allylic oxidation sites excluding steroid dienone is 1. The van der Waals surface area contributed by atoms with Gasteiger partial charge in [-0.2, -0.15) is 5.10 Å². The molecule has 0 N–H and O–H groups in total. The number of carbonyl (C=O) groups excluding carboxylic acids is 1. The van der Waals surface area contributed by atoms with Crippen LogP contribution in [0.15, 0.2) is 42.5 Å². The summed E-state index contributed by atoms with van der Waals surface area (Å²) in [6.07, 6.45) is -3.33. The van der Waals surface area contributed by atoms with E-state index in [-0.39, 0.29) is 12.3 Å². The molecule has 2 aromatic carbocycles. The number of fused-ring (bicyclic) bond motifs is 1. The number of rotatable bonds is 8. The van der Waals surface area contributed by atoms with Gasteiger partial charge < -0.3 is 14.2 Å². The Morgan fingerprint density at radius 3 is 2.54 bits per heavy atom. The van der Waals surface area contributed by atoms with Crippen molar-refractivity contribution >= 4 is 23.5 Å². The van der Waals surface area contributed by atoms with Crippen molar-refractivity contribution in [2.24, 2.45) is 0 Å². The Balaban J connectivity index is 1.60. The molecule has 0 saturated carbocycles. The fourth-order valence-electron chi connectivity index (χ4n) is 3.59. The number of methoxy groups -OCH3 is 1. The van der Waals surface area contributed by atoms with Crippen LogP contribution in [0, 0.1) is 0 Å². The molecule has 4 rings (SSSR count). The lowest BCUT2D eigenvalue weighted by atomic mass is 10.1. The van der Waals surface area contributed by atoms with Crippen LogP contribution in [0.3, 0.4) is 0 Å². The van der Waals surface area contributed by atoms with Gasteiger partial charge in [0.05, 0.1) is 18.7 Å². The Labute approximate surface area is 202 Å². The first-order valence-electron chi connectivity index (χ1n) is 10.4. The number of benzene rings is 2. The van der Waals surface area contributed by atoms with E-state index in [9.17, 15) is 22.4 Å². The van der Waals surface area contributed by atoms with Crippen molar-refractivity contribution in [1.29, 1.82) is 0 Å². The first-order chi connectivity index (χ1) is 16.8. The SMILES string of the molecule is COc1ccc(/C=C/C(=O)c2ccc3c(c2)OCCO3)cc1Cn1nc(C(F)F)c(Cl)c1C(F)F. The molecule has 184 valence electrons. The van der Waals surface area contributed by atoms with Crippen LogP contribution in [-0.2, 0) is 6.54 Å². The molecule has 0 bridgehead atoms. The molecule has 11 heteroatoms. The molecule has 35 heavy (non-hydrogen) atoms. The predicted molar refractivity (Wildman–Crippen MR) is 120 cm³/mol. The van der Waals surface area contributed by atoms with Crippen LogP contribution in [0.2, 0.25) is 5.02 Å². The number of ketones is 1. The molecule has 0 atom stereocenters. The standard InChI is InChI=1S/C24H19ClF4N2O4/c1-33-17-6-3-13(2-5-16(32)14-4-7-18-19(11-14)35-9-8-34-18)10-15(17)12-31-22(24(28)29)20(25)21(30-31)23(26)27/h2-7,10-11,23-24H,8-9,12H2,1H3/b5-2+. The third kappa shape index (κ3) is 5.27. The van der Waals surface area contributed by atoms with Crippen molar-refractivity contribution in [2.45, 2.75) is 19.4 Å². The number of aromatic nitrogens is 2. The smallest absolute Gasteiger partial charge is 0.283 e. The molecular formula is C24H19ClF4N2O4. The Morgan fingerprint density at radius 1 is 1.11 bits per heavy atom. The lowest BCUT2D eigenvalue weighted by Gasteiger charge is -2.18. The molecule has 1 aliphatic heterocycles. The second-order valence-corrected chi connectivity index (χ2v) is 7.85. The first-order valence-corrected chi connectivity index (χ1v) is 10.8. The van der Waals surface area contributed by atoms with Crippen LogP contribution in [-0.4, -0.2) is 35.9 Å². The van der Waals surface area contributed by atoms with E-state index in [1.807, 2.05) is 0 Å². The van der Waals surface area contributed by atoms with Gasteiger partial charge in [-0.3, -0.25) is 9.48 Å². The number of hydrogen-bond acceptors (Lipinski definition) is 5. The second kappa shape index (κ2) is 10.4. The quantitative estimate of drug-likeness (QED) is 0.207. The van der Waals surface area contributed by atoms with Crippen molar-refractivity contribution in [3.63, 3.8) is 0 Å². The lowest BCUT2D eigenvalue weighted by molar-refractivity contribution is 0.104. The van der Waals surface area contributed by atoms with Crippen LogP contribution in [0.5, 0.6) is 17.2 Å². The molecule has 0 spiro atoms. The molecule has 0 radical (unpaired) electrons. The van der Waals surface area contributed by atoms with Gasteiger partial charge in [-0.25, -0.2) is 17.6 Å². The molecule has 3 aromatic rings. The zero-order valence-corrected chi connectivity index (χ0v) is 19.1. The summed E-state index contributed by atoms with van der Waals surface area (Å²) in [5.74, 6) is 1.08. The summed E-state index contributed by atoms with van der Waals surface area (Å²) in [6, 6.07) is 9.68. The van der Waals surface area contributed by atoms with E-state index in [0.29, 0.717) is 47.2 Å². The summed E-state index contributed by atoms with van der Waals surface area (Å²) in [4.78, 5) is 12.6. The van der Waals surface area contributed by atoms with Gasteiger partial charge in [0.25, 0.3) is 12.9 Å². The van der Waals surface area contributed by atoms with E-state index in [2.05, 4.69) is 5.10 Å². The second-order valence-electron chi connectivity index (χ2n) is 7.47. The number of nitrogens with zero attached hydrogens (tertiary/aromatic N) is 2. The maximum Gasteiger partial charge on any atom is 0.283 e. The van der Waals surface area contributed by atoms with E-state index in [1.54, 1.807) is 36.4 Å². The molecule has 1 aromatic heterocycles. The largest absolute Gasteiger partial charge is 0.496 e. The summed E-state index contributed by atoms with van der Waals surface area (Å²) < 4.78 is 70.3. The van der Waals surface area contributed by atoms with Crippen molar-refractivity contribution in [3.05, 3.63) is 75.6 Å². The highest BCUT2D eigenvalue weighted by Crippen LogP contribution is 2.36. The number of hydrogen-bond donors (Lipinski definition) is 0. The minimum atomic E-state index is -3.11. The molecule has 0 fully saturated rings. The molecule has 0 unspecified atom stereocenters. The molecule has 0 amide bonds. The lowest BCUT2D eigenvalue weighted by Crippen LogP contribution is -2.15. The predicted octanol–water partition coefficient (Wildman–Crippen LogP) is 6.14. The zero-order valence-electron chi connectivity index (χ0n) is 18.3. The fourth-order valence-corrected chi connectivity index (χ4v) is 3.89. The highest BCUT2D eigenvalue weighted by atomic mass is 35.5. The molecule has 0 aliphatic carbocycles. The van der Waals surface area contributed by atoms with Crippen molar-refractivity contribution in [1.82, 2.24) is 9.78 Å². The minimum Gasteiger partial charge on any atom is -0.496 e. The number of carbonyl (C=O) groups is 1. The highest BCUT2D eigenvalue weighted by molar-refractivity contribution is 6.32. The van der Waals surface area contributed by atoms with Crippen LogP contribution >= 0.6 is 11.6 Å². The summed E-state index contributed by atoms with van der Waals surface area (Å²) in [5.41, 5.74) is -0.395. The van der Waals surface area contributed by atoms with Gasteiger partial charge in [-0.05, 0) is 42.0 Å². The van der Waals surface area contributed by atoms with Crippen LogP contribution in [0.4, 0.5) is 17.6 Å². The number of alkyl halides is 4. The van der Waals surface area contributed by atoms with Gasteiger partial charge in [0.1, 0.15) is 30.4 Å². The fraction of sp³-hybridized carbons (Fsp3) is 0.250. The number of ether oxygens (including phenoxy) is 3. The van der Waals surface area contributed by atoms with Gasteiger partial charge in [-0.1, -0.05) is 23.7 Å². The van der Waals surface area contributed by atoms with E-state index < -0.39 is 29.3 Å². The summed E-state index contributed by atoms with van der Waals surface area (Å²) in [5, 5.41) is 2.82. The molecular weight excluding hydrogens is 492 g/mol. The Kier molecular flexibility index (Phi) is 7.30. The third-order valence-corrected chi connectivity index (χ3v) is 5.64. The first kappa shape index (κ1) is 24.6. The maximum absolute atomic E-state index is 13.5. The monoisotopic (exact) mass is 510 g/mol. The Bertz CT molecular complexity index is 1280. The third-order valence-electron chi connectivity index (χ3n) is 5.25. The van der Waals surface area contributed by atoms with E-state index in [0.717, 1.165) is 4.68 Å². The summed E-state index contributed by atoms with van der Waals surface area (Å²) >= 11 is 5.74. The van der Waals surface area contributed by atoms with Gasteiger partial charge in [0.15, 0.2) is 17.3 Å². The van der Waals surface area contributed by atoms with Crippen LogP contribution in [0.1, 0.15) is 45.7 Å². The molecule has 1 aliphatic rings. The van der Waals surface area contributed by atoms with Crippen molar-refractivity contribution in [2.75, 3.05) is 20.3 Å². The van der Waals surface area contributed by atoms with Gasteiger partial charge in [0.2, 0.25) is 0 Å². The summed E-state index contributed by atoms with van der Waals surface area (Å²) in [6.45, 7) is 0.530. The zero-order chi connectivity index (χ0) is 25.1. The topological polar surface area (TPSA) is 62.6 Å². The molecule has 0 saturated heterocycles. The minimum absolute atomic E-state index is 0.292. The van der Waals surface area contributed by atoms with E-state index in [4.69, 9.17) is 25.8 Å². The summed E-state index contributed by atoms with van der Waals surface area (Å²) in [7, 11) is 1.38. The van der Waals surface area contributed by atoms with E-state index in [1.165, 1.54) is 19.3 Å². The number of halogens is 5. The normalized spacial score (nSPS) is 13.1. The van der Waals surface area contributed by atoms with Gasteiger partial charge in [0, 0.05) is 11.1 Å². The molecule has 2 heterocycles. The Hall–Kier alpha value is -3.53. The average Bonchev–Trinajstić information content (AvgIpc) is 3.18. The van der Waals surface area contributed by atoms with Crippen LogP contribution in [0.25, 0.3) is 6.08 Å². The van der Waals surface area contributed by atoms with Crippen LogP contribution < -0.4 is 14.2 Å². The van der Waals surface area contributed by atoms with E-state index >= 15 is 0 Å².